The Kier molecular flexibility index (Phi) is 2.81. The van der Waals surface area contributed by atoms with Gasteiger partial charge >= 0.3 is 0 Å². The molecule has 1 saturated carbocycles. The van der Waals surface area contributed by atoms with E-state index in [9.17, 15) is 4.39 Å². The number of pyridine rings is 1. The van der Waals surface area contributed by atoms with Crippen molar-refractivity contribution in [2.45, 2.75) is 32.7 Å². The van der Waals surface area contributed by atoms with Gasteiger partial charge in [0.1, 0.15) is 11.5 Å². The number of halogens is 1. The third-order valence-electron chi connectivity index (χ3n) is 5.98. The van der Waals surface area contributed by atoms with Crippen LogP contribution in [0.5, 0.6) is 0 Å². The number of benzene rings is 1. The molecule has 1 aromatic carbocycles. The van der Waals surface area contributed by atoms with Crippen LogP contribution in [-0.4, -0.2) is 25.0 Å². The van der Waals surface area contributed by atoms with Crippen molar-refractivity contribution in [1.82, 2.24) is 25.0 Å². The Morgan fingerprint density at radius 1 is 1.19 bits per heavy atom. The average molecular weight is 359 g/mol. The van der Waals surface area contributed by atoms with Gasteiger partial charge in [0, 0.05) is 40.0 Å². The summed E-state index contributed by atoms with van der Waals surface area (Å²) in [6, 6.07) is 8.73. The number of aryl methyl sites for hydroxylation is 1. The number of aromatic nitrogens is 5. The predicted octanol–water partition coefficient (Wildman–Crippen LogP) is 4.27. The molecule has 6 rings (SSSR count). The second-order valence-electron chi connectivity index (χ2n) is 7.96. The van der Waals surface area contributed by atoms with Gasteiger partial charge in [0.05, 0.1) is 6.20 Å². The fourth-order valence-electron chi connectivity index (χ4n) is 4.40. The molecule has 1 spiro atoms. The lowest BCUT2D eigenvalue weighted by atomic mass is 9.93. The van der Waals surface area contributed by atoms with Crippen LogP contribution in [0, 0.1) is 18.2 Å². The van der Waals surface area contributed by atoms with Gasteiger partial charge in [-0.25, -0.2) is 9.37 Å². The van der Waals surface area contributed by atoms with E-state index in [1.54, 1.807) is 0 Å². The van der Waals surface area contributed by atoms with E-state index in [1.165, 1.54) is 30.7 Å². The summed E-state index contributed by atoms with van der Waals surface area (Å²) in [4.78, 5) is 4.56. The van der Waals surface area contributed by atoms with E-state index in [1.807, 2.05) is 25.3 Å². The molecule has 0 amide bonds. The Morgan fingerprint density at radius 3 is 2.78 bits per heavy atom. The van der Waals surface area contributed by atoms with Crippen LogP contribution >= 0.6 is 0 Å². The fourth-order valence-corrected chi connectivity index (χ4v) is 4.40. The first-order valence-corrected chi connectivity index (χ1v) is 9.29. The Hall–Kier alpha value is -3.02. The van der Waals surface area contributed by atoms with Crippen LogP contribution in [0.2, 0.25) is 0 Å². The van der Waals surface area contributed by atoms with Crippen molar-refractivity contribution in [3.63, 3.8) is 0 Å². The summed E-state index contributed by atoms with van der Waals surface area (Å²) >= 11 is 0. The predicted molar refractivity (Wildman–Crippen MR) is 101 cm³/mol. The highest BCUT2D eigenvalue weighted by atomic mass is 19.1. The molecule has 27 heavy (non-hydrogen) atoms. The molecule has 1 fully saturated rings. The molecule has 6 heteroatoms. The maximum atomic E-state index is 13.5. The summed E-state index contributed by atoms with van der Waals surface area (Å²) in [5.41, 5.74) is 7.50. The first kappa shape index (κ1) is 15.1. The van der Waals surface area contributed by atoms with Crippen molar-refractivity contribution in [3.8, 4) is 22.4 Å². The number of fused-ring (bicyclic) bond motifs is 2. The van der Waals surface area contributed by atoms with Crippen LogP contribution in [-0.2, 0) is 13.0 Å². The Labute approximate surface area is 155 Å². The molecule has 0 unspecified atom stereocenters. The minimum absolute atomic E-state index is 0.235. The summed E-state index contributed by atoms with van der Waals surface area (Å²) in [5, 5.41) is 13.1. The second-order valence-corrected chi connectivity index (χ2v) is 7.96. The number of hydrogen-bond donors (Lipinski definition) is 1. The van der Waals surface area contributed by atoms with Gasteiger partial charge in [0.2, 0.25) is 0 Å². The first-order chi connectivity index (χ1) is 13.1. The van der Waals surface area contributed by atoms with Crippen molar-refractivity contribution in [3.05, 3.63) is 53.7 Å². The summed E-state index contributed by atoms with van der Waals surface area (Å²) in [6.07, 6.45) is 5.44. The van der Waals surface area contributed by atoms with Gasteiger partial charge in [-0.3, -0.25) is 9.78 Å². The maximum Gasteiger partial charge on any atom is 0.155 e. The number of rotatable bonds is 2. The minimum atomic E-state index is -0.235. The number of nitrogens with zero attached hydrogens (tertiary/aromatic N) is 4. The van der Waals surface area contributed by atoms with E-state index in [0.29, 0.717) is 5.41 Å². The third kappa shape index (κ3) is 2.19. The summed E-state index contributed by atoms with van der Waals surface area (Å²) in [6.45, 7) is 2.97. The minimum Gasteiger partial charge on any atom is -0.268 e. The third-order valence-corrected chi connectivity index (χ3v) is 5.98. The molecule has 1 N–H and O–H groups in total. The molecule has 0 saturated heterocycles. The topological polar surface area (TPSA) is 59.4 Å². The van der Waals surface area contributed by atoms with Crippen LogP contribution < -0.4 is 0 Å². The molecular formula is C21H18FN5. The van der Waals surface area contributed by atoms with Crippen LogP contribution in [0.25, 0.3) is 33.4 Å². The molecule has 0 radical (unpaired) electrons. The molecule has 2 aliphatic rings. The number of hydrogen-bond acceptors (Lipinski definition) is 3. The van der Waals surface area contributed by atoms with Crippen molar-refractivity contribution in [1.29, 1.82) is 0 Å². The molecule has 4 aromatic rings. The molecule has 1 aliphatic carbocycles. The molecule has 1 aliphatic heterocycles. The van der Waals surface area contributed by atoms with E-state index in [-0.39, 0.29) is 5.82 Å². The summed E-state index contributed by atoms with van der Waals surface area (Å²) in [5.74, 6) is -0.235. The van der Waals surface area contributed by atoms with E-state index in [0.717, 1.165) is 52.1 Å². The Bertz CT molecular complexity index is 1200. The van der Waals surface area contributed by atoms with E-state index in [2.05, 4.69) is 25.9 Å². The number of nitrogens with one attached hydrogen (secondary N) is 1. The Morgan fingerprint density at radius 2 is 2.00 bits per heavy atom. The molecule has 0 atom stereocenters. The van der Waals surface area contributed by atoms with Gasteiger partial charge in [-0.1, -0.05) is 0 Å². The quantitative estimate of drug-likeness (QED) is 0.581. The van der Waals surface area contributed by atoms with Gasteiger partial charge in [0.25, 0.3) is 0 Å². The van der Waals surface area contributed by atoms with Gasteiger partial charge in [-0.15, -0.1) is 0 Å². The van der Waals surface area contributed by atoms with Crippen LogP contribution in [0.1, 0.15) is 24.2 Å². The molecule has 0 bridgehead atoms. The van der Waals surface area contributed by atoms with Gasteiger partial charge in [0.15, 0.2) is 5.65 Å². The lowest BCUT2D eigenvalue weighted by Crippen LogP contribution is -2.03. The second kappa shape index (κ2) is 5.03. The van der Waals surface area contributed by atoms with Gasteiger partial charge in [-0.05, 0) is 61.9 Å². The van der Waals surface area contributed by atoms with Gasteiger partial charge in [-0.2, -0.15) is 10.2 Å². The van der Waals surface area contributed by atoms with Crippen LogP contribution in [0.4, 0.5) is 4.39 Å². The molecular weight excluding hydrogens is 341 g/mol. The maximum absolute atomic E-state index is 13.5. The van der Waals surface area contributed by atoms with E-state index >= 15 is 0 Å². The molecule has 134 valence electrons. The largest absolute Gasteiger partial charge is 0.268 e. The zero-order valence-electron chi connectivity index (χ0n) is 15.0. The van der Waals surface area contributed by atoms with Crippen LogP contribution in [0.15, 0.2) is 36.5 Å². The molecule has 4 heterocycles. The lowest BCUT2D eigenvalue weighted by Gasteiger charge is -2.09. The molecule has 5 nitrogen and oxygen atoms in total. The van der Waals surface area contributed by atoms with Crippen LogP contribution in [0.3, 0.4) is 0 Å². The SMILES string of the molecule is Cc1cc(-c2c(-c3ccc(F)cc3)nn3c2CC2(CC2)C3)c2cn[nH]c2n1. The van der Waals surface area contributed by atoms with Crippen molar-refractivity contribution < 1.29 is 4.39 Å². The number of H-pyrrole nitrogens is 1. The van der Waals surface area contributed by atoms with E-state index in [4.69, 9.17) is 5.10 Å². The standard InChI is InChI=1S/C21H18FN5/c1-12-8-15(16-10-23-25-20(16)24-12)18-17-9-21(6-7-21)11-27(17)26-19(18)13-2-4-14(22)5-3-13/h2-5,8,10H,6-7,9,11H2,1H3,(H,23,24,25). The average Bonchev–Trinajstić information content (AvgIpc) is 2.96. The lowest BCUT2D eigenvalue weighted by molar-refractivity contribution is 0.472. The Balaban J connectivity index is 1.65. The normalized spacial score (nSPS) is 17.0. The van der Waals surface area contributed by atoms with Crippen molar-refractivity contribution in [2.75, 3.05) is 0 Å². The highest BCUT2D eigenvalue weighted by molar-refractivity contribution is 5.97. The molecule has 3 aromatic heterocycles. The first-order valence-electron chi connectivity index (χ1n) is 9.29. The van der Waals surface area contributed by atoms with E-state index < -0.39 is 0 Å². The number of aromatic amines is 1. The zero-order valence-corrected chi connectivity index (χ0v) is 15.0. The smallest absolute Gasteiger partial charge is 0.155 e. The summed E-state index contributed by atoms with van der Waals surface area (Å²) in [7, 11) is 0. The van der Waals surface area contributed by atoms with Crippen molar-refractivity contribution in [2.24, 2.45) is 5.41 Å². The highest BCUT2D eigenvalue weighted by Crippen LogP contribution is 2.56. The van der Waals surface area contributed by atoms with Gasteiger partial charge < -0.3 is 0 Å². The fraction of sp³-hybridized carbons (Fsp3) is 0.286. The summed E-state index contributed by atoms with van der Waals surface area (Å²) < 4.78 is 15.6. The van der Waals surface area contributed by atoms with Crippen molar-refractivity contribution >= 4 is 11.0 Å². The monoisotopic (exact) mass is 359 g/mol. The zero-order chi connectivity index (χ0) is 18.2. The highest BCUT2D eigenvalue weighted by Gasteiger charge is 2.49.